The molecular weight excluding hydrogens is 276 g/mol. The molecule has 5 nitrogen and oxygen atoms in total. The van der Waals surface area contributed by atoms with E-state index in [0.29, 0.717) is 17.4 Å². The third kappa shape index (κ3) is 3.24. The zero-order chi connectivity index (χ0) is 16.1. The molecule has 4 N–H and O–H groups in total. The molecule has 0 saturated heterocycles. The molecule has 0 radical (unpaired) electrons. The molecule has 2 aromatic rings. The molecule has 0 bridgehead atoms. The van der Waals surface area contributed by atoms with Gasteiger partial charge in [-0.1, -0.05) is 25.1 Å². The van der Waals surface area contributed by atoms with Gasteiger partial charge in [0.25, 0.3) is 0 Å². The Bertz CT molecular complexity index is 655. The molecular formula is C17H24N4O. The minimum atomic E-state index is 0.529. The summed E-state index contributed by atoms with van der Waals surface area (Å²) in [6.45, 7) is 5.02. The lowest BCUT2D eigenvalue weighted by Gasteiger charge is -2.16. The highest BCUT2D eigenvalue weighted by Crippen LogP contribution is 2.30. The van der Waals surface area contributed by atoms with E-state index in [0.717, 1.165) is 18.7 Å². The van der Waals surface area contributed by atoms with Gasteiger partial charge in [0.05, 0.1) is 18.5 Å². The summed E-state index contributed by atoms with van der Waals surface area (Å²) in [6, 6.07) is 8.21. The van der Waals surface area contributed by atoms with Crippen molar-refractivity contribution >= 4 is 17.2 Å². The van der Waals surface area contributed by atoms with Gasteiger partial charge in [0.2, 0.25) is 5.88 Å². The van der Waals surface area contributed by atoms with E-state index >= 15 is 0 Å². The van der Waals surface area contributed by atoms with E-state index in [4.69, 9.17) is 10.5 Å². The number of aryl methyl sites for hydroxylation is 2. The van der Waals surface area contributed by atoms with Gasteiger partial charge in [-0.2, -0.15) is 4.98 Å². The molecule has 0 amide bonds. The monoisotopic (exact) mass is 300 g/mol. The van der Waals surface area contributed by atoms with Gasteiger partial charge >= 0.3 is 0 Å². The Labute approximate surface area is 131 Å². The lowest BCUT2D eigenvalue weighted by atomic mass is 10.00. The first-order valence-electron chi connectivity index (χ1n) is 7.44. The Hall–Kier alpha value is -2.43. The van der Waals surface area contributed by atoms with Crippen molar-refractivity contribution in [3.8, 4) is 5.88 Å². The van der Waals surface area contributed by atoms with E-state index in [-0.39, 0.29) is 0 Å². The summed E-state index contributed by atoms with van der Waals surface area (Å²) in [7, 11) is 3.39. The molecule has 118 valence electrons. The lowest BCUT2D eigenvalue weighted by Crippen LogP contribution is -2.09. The molecule has 1 aromatic carbocycles. The number of nitrogens with one attached hydrogen (secondary N) is 2. The Kier molecular flexibility index (Phi) is 5.09. The summed E-state index contributed by atoms with van der Waals surface area (Å²) < 4.78 is 5.23. The average Bonchev–Trinajstić information content (AvgIpc) is 2.54. The number of ether oxygens (including phenoxy) is 1. The first-order valence-corrected chi connectivity index (χ1v) is 7.44. The van der Waals surface area contributed by atoms with Crippen molar-refractivity contribution in [2.45, 2.75) is 26.8 Å². The van der Waals surface area contributed by atoms with Crippen LogP contribution in [0.2, 0.25) is 0 Å². The maximum atomic E-state index is 6.15. The number of benzene rings is 1. The van der Waals surface area contributed by atoms with E-state index < -0.39 is 0 Å². The summed E-state index contributed by atoms with van der Waals surface area (Å²) in [6.07, 6.45) is 1.01. The minimum absolute atomic E-state index is 0.529. The predicted molar refractivity (Wildman–Crippen MR) is 92.6 cm³/mol. The minimum Gasteiger partial charge on any atom is -0.481 e. The first-order chi connectivity index (χ1) is 10.6. The number of methoxy groups -OCH3 is 1. The van der Waals surface area contributed by atoms with Gasteiger partial charge in [-0.05, 0) is 30.0 Å². The van der Waals surface area contributed by atoms with Crippen LogP contribution < -0.4 is 21.1 Å². The van der Waals surface area contributed by atoms with Gasteiger partial charge in [-0.3, -0.25) is 0 Å². The fraction of sp³-hybridized carbons (Fsp3) is 0.353. The van der Waals surface area contributed by atoms with Crippen molar-refractivity contribution < 1.29 is 4.74 Å². The number of nitrogens with zero attached hydrogens (tertiary/aromatic N) is 1. The maximum Gasteiger partial charge on any atom is 0.217 e. The summed E-state index contributed by atoms with van der Waals surface area (Å²) in [5, 5.41) is 6.40. The van der Waals surface area contributed by atoms with Crippen LogP contribution in [0.15, 0.2) is 24.3 Å². The Morgan fingerprint density at radius 2 is 2.09 bits per heavy atom. The molecule has 0 atom stereocenters. The van der Waals surface area contributed by atoms with Crippen molar-refractivity contribution in [1.82, 2.24) is 4.98 Å². The predicted octanol–water partition coefficient (Wildman–Crippen LogP) is 3.20. The normalized spacial score (nSPS) is 10.4. The van der Waals surface area contributed by atoms with Crippen LogP contribution in [0.5, 0.6) is 5.88 Å². The number of hydrogen-bond donors (Lipinski definition) is 3. The molecule has 0 aliphatic rings. The summed E-state index contributed by atoms with van der Waals surface area (Å²) in [5.74, 6) is 1.14. The van der Waals surface area contributed by atoms with Crippen molar-refractivity contribution in [2.75, 3.05) is 30.5 Å². The molecule has 5 heteroatoms. The van der Waals surface area contributed by atoms with Crippen LogP contribution in [-0.4, -0.2) is 19.1 Å². The second-order valence-electron chi connectivity index (χ2n) is 5.14. The third-order valence-corrected chi connectivity index (χ3v) is 3.82. The molecule has 0 fully saturated rings. The highest BCUT2D eigenvalue weighted by Gasteiger charge is 2.11. The average molecular weight is 300 g/mol. The fourth-order valence-corrected chi connectivity index (χ4v) is 2.50. The maximum absolute atomic E-state index is 6.15. The van der Waals surface area contributed by atoms with Crippen LogP contribution >= 0.6 is 0 Å². The van der Waals surface area contributed by atoms with Gasteiger partial charge in [0.1, 0.15) is 0 Å². The third-order valence-electron chi connectivity index (χ3n) is 3.82. The van der Waals surface area contributed by atoms with Crippen molar-refractivity contribution in [1.29, 1.82) is 0 Å². The number of anilines is 3. The van der Waals surface area contributed by atoms with Crippen molar-refractivity contribution in [2.24, 2.45) is 0 Å². The van der Waals surface area contributed by atoms with Crippen LogP contribution in [0, 0.1) is 6.92 Å². The molecule has 0 unspecified atom stereocenters. The van der Waals surface area contributed by atoms with Gasteiger partial charge < -0.3 is 21.1 Å². The van der Waals surface area contributed by atoms with Crippen LogP contribution in [0.1, 0.15) is 23.6 Å². The van der Waals surface area contributed by atoms with E-state index in [1.165, 1.54) is 16.7 Å². The molecule has 0 aliphatic carbocycles. The highest BCUT2D eigenvalue weighted by atomic mass is 16.5. The quantitative estimate of drug-likeness (QED) is 0.764. The lowest BCUT2D eigenvalue weighted by molar-refractivity contribution is 0.399. The fourth-order valence-electron chi connectivity index (χ4n) is 2.50. The topological polar surface area (TPSA) is 72.2 Å². The van der Waals surface area contributed by atoms with E-state index in [1.54, 1.807) is 14.2 Å². The molecule has 1 aromatic heterocycles. The van der Waals surface area contributed by atoms with Crippen molar-refractivity contribution in [3.63, 3.8) is 0 Å². The second-order valence-corrected chi connectivity index (χ2v) is 5.14. The van der Waals surface area contributed by atoms with E-state index in [2.05, 4.69) is 47.7 Å². The molecule has 0 aliphatic heterocycles. The first kappa shape index (κ1) is 15.9. The zero-order valence-electron chi connectivity index (χ0n) is 13.7. The van der Waals surface area contributed by atoms with E-state index in [1.807, 2.05) is 6.07 Å². The van der Waals surface area contributed by atoms with Gasteiger partial charge in [0.15, 0.2) is 5.82 Å². The van der Waals surface area contributed by atoms with Crippen LogP contribution in [0.4, 0.5) is 17.2 Å². The number of nitrogens with two attached hydrogens (primary N) is 1. The molecule has 0 saturated carbocycles. The second kappa shape index (κ2) is 7.02. The number of rotatable bonds is 6. The van der Waals surface area contributed by atoms with Gasteiger partial charge in [-0.25, -0.2) is 0 Å². The van der Waals surface area contributed by atoms with Crippen molar-refractivity contribution in [3.05, 3.63) is 41.0 Å². The largest absolute Gasteiger partial charge is 0.481 e. The smallest absolute Gasteiger partial charge is 0.217 e. The Morgan fingerprint density at radius 1 is 1.32 bits per heavy atom. The molecule has 2 rings (SSSR count). The van der Waals surface area contributed by atoms with Crippen LogP contribution in [0.25, 0.3) is 0 Å². The van der Waals surface area contributed by atoms with Crippen LogP contribution in [0.3, 0.4) is 0 Å². The SMILES string of the molecule is CCc1cccc(C)c1CNc1cc(OC)nc(NC)c1N. The zero-order valence-corrected chi connectivity index (χ0v) is 13.7. The summed E-state index contributed by atoms with van der Waals surface area (Å²) in [4.78, 5) is 4.28. The molecule has 22 heavy (non-hydrogen) atoms. The number of hydrogen-bond acceptors (Lipinski definition) is 5. The number of nitrogen functional groups attached to an aromatic ring is 1. The summed E-state index contributed by atoms with van der Waals surface area (Å²) in [5.41, 5.74) is 11.5. The highest BCUT2D eigenvalue weighted by molar-refractivity contribution is 5.78. The Balaban J connectivity index is 2.29. The van der Waals surface area contributed by atoms with Gasteiger partial charge in [0, 0.05) is 19.7 Å². The summed E-state index contributed by atoms with van der Waals surface area (Å²) >= 11 is 0. The van der Waals surface area contributed by atoms with Crippen LogP contribution in [-0.2, 0) is 13.0 Å². The molecule has 0 spiro atoms. The Morgan fingerprint density at radius 3 is 2.73 bits per heavy atom. The van der Waals surface area contributed by atoms with Gasteiger partial charge in [-0.15, -0.1) is 0 Å². The number of pyridine rings is 1. The van der Waals surface area contributed by atoms with E-state index in [9.17, 15) is 0 Å². The molecule has 1 heterocycles. The number of aromatic nitrogens is 1. The standard InChI is InChI=1S/C17H24N4O/c1-5-12-8-6-7-11(2)13(12)10-20-14-9-15(22-4)21-17(19-3)16(14)18/h6-9H,5,10,18H2,1-4H3,(H2,19,20,21).